The number of hydrogen-bond donors (Lipinski definition) is 1. The lowest BCUT2D eigenvalue weighted by Gasteiger charge is -2.20. The van der Waals surface area contributed by atoms with Crippen LogP contribution < -0.4 is 4.89 Å². The zero-order chi connectivity index (χ0) is 15.9. The van der Waals surface area contributed by atoms with Crippen LogP contribution in [0.3, 0.4) is 0 Å². The number of sulfonamides is 1. The average Bonchev–Trinajstić information content (AvgIpc) is 2.48. The molecule has 0 atom stereocenters. The van der Waals surface area contributed by atoms with Gasteiger partial charge in [-0.05, 0) is 37.6 Å². The molecule has 0 saturated carbocycles. The number of nitrogens with zero attached hydrogens (tertiary/aromatic N) is 1. The molecule has 0 aliphatic rings. The summed E-state index contributed by atoms with van der Waals surface area (Å²) in [5.74, 6) is -0.0883. The van der Waals surface area contributed by atoms with Gasteiger partial charge in [-0.2, -0.15) is 0 Å². The molecule has 0 fully saturated rings. The van der Waals surface area contributed by atoms with E-state index in [4.69, 9.17) is 0 Å². The minimum Gasteiger partial charge on any atom is -0.339 e. The van der Waals surface area contributed by atoms with Crippen LogP contribution in [-0.2, 0) is 14.9 Å². The Morgan fingerprint density at radius 1 is 1.24 bits per heavy atom. The summed E-state index contributed by atoms with van der Waals surface area (Å²) in [4.78, 5) is 20.5. The molecule has 6 nitrogen and oxygen atoms in total. The predicted octanol–water partition coefficient (Wildman–Crippen LogP) is 1.79. The van der Waals surface area contributed by atoms with Crippen LogP contribution in [0.4, 0.5) is 0 Å². The smallest absolute Gasteiger partial charge is 0.262 e. The van der Waals surface area contributed by atoms with E-state index in [0.717, 1.165) is 12.8 Å². The molecule has 0 aromatic heterocycles. The maximum Gasteiger partial charge on any atom is 0.262 e. The quantitative estimate of drug-likeness (QED) is 0.742. The Balaban J connectivity index is 2.89. The summed E-state index contributed by atoms with van der Waals surface area (Å²) in [6.45, 7) is 5.33. The van der Waals surface area contributed by atoms with Crippen LogP contribution in [0.2, 0.25) is 0 Å². The number of rotatable bonds is 8. The minimum atomic E-state index is -3.69. The Morgan fingerprint density at radius 2 is 1.86 bits per heavy atom. The molecule has 0 saturated heterocycles. The van der Waals surface area contributed by atoms with Crippen molar-refractivity contribution in [2.45, 2.75) is 31.6 Å². The molecule has 0 aliphatic carbocycles. The first-order valence-corrected chi connectivity index (χ1v) is 8.38. The lowest BCUT2D eigenvalue weighted by molar-refractivity contribution is 0.0762. The van der Waals surface area contributed by atoms with Crippen molar-refractivity contribution in [2.75, 3.05) is 20.2 Å². The second-order valence-electron chi connectivity index (χ2n) is 4.55. The highest BCUT2D eigenvalue weighted by Gasteiger charge is 2.17. The van der Waals surface area contributed by atoms with Gasteiger partial charge >= 0.3 is 0 Å². The fourth-order valence-corrected chi connectivity index (χ4v) is 2.68. The SMILES string of the molecule is CCCCN(CC)C(=O)c1ccc(S(=O)(=O)NOC)cc1. The van der Waals surface area contributed by atoms with Crippen LogP contribution in [0.15, 0.2) is 29.2 Å². The van der Waals surface area contributed by atoms with E-state index in [-0.39, 0.29) is 10.8 Å². The van der Waals surface area contributed by atoms with Crippen molar-refractivity contribution >= 4 is 15.9 Å². The zero-order valence-electron chi connectivity index (χ0n) is 12.6. The predicted molar refractivity (Wildman–Crippen MR) is 80.3 cm³/mol. The van der Waals surface area contributed by atoms with Gasteiger partial charge in [-0.25, -0.2) is 8.42 Å². The third-order valence-corrected chi connectivity index (χ3v) is 4.33. The molecule has 0 bridgehead atoms. The topological polar surface area (TPSA) is 75.7 Å². The molecule has 21 heavy (non-hydrogen) atoms. The summed E-state index contributed by atoms with van der Waals surface area (Å²) in [6.07, 6.45) is 1.97. The van der Waals surface area contributed by atoms with Crippen LogP contribution in [0.25, 0.3) is 0 Å². The van der Waals surface area contributed by atoms with Gasteiger partial charge in [-0.1, -0.05) is 18.2 Å². The highest BCUT2D eigenvalue weighted by atomic mass is 32.2. The molecule has 7 heteroatoms. The molecule has 1 N–H and O–H groups in total. The van der Waals surface area contributed by atoms with E-state index in [1.54, 1.807) is 4.90 Å². The molecule has 0 aliphatic heterocycles. The number of benzene rings is 1. The van der Waals surface area contributed by atoms with Crippen LogP contribution in [0, 0.1) is 0 Å². The van der Waals surface area contributed by atoms with E-state index in [2.05, 4.69) is 11.8 Å². The first-order valence-electron chi connectivity index (χ1n) is 6.90. The Labute approximate surface area is 126 Å². The van der Waals surface area contributed by atoms with Crippen molar-refractivity contribution in [3.63, 3.8) is 0 Å². The molecule has 0 heterocycles. The largest absolute Gasteiger partial charge is 0.339 e. The highest BCUT2D eigenvalue weighted by molar-refractivity contribution is 7.89. The lowest BCUT2D eigenvalue weighted by atomic mass is 10.2. The summed E-state index contributed by atoms with van der Waals surface area (Å²) in [7, 11) is -2.47. The van der Waals surface area contributed by atoms with Crippen molar-refractivity contribution < 1.29 is 18.0 Å². The Morgan fingerprint density at radius 3 is 2.33 bits per heavy atom. The van der Waals surface area contributed by atoms with Crippen molar-refractivity contribution in [1.82, 2.24) is 9.79 Å². The maximum absolute atomic E-state index is 12.3. The van der Waals surface area contributed by atoms with Gasteiger partial charge in [0, 0.05) is 18.7 Å². The second-order valence-corrected chi connectivity index (χ2v) is 6.20. The normalized spacial score (nSPS) is 11.4. The van der Waals surface area contributed by atoms with E-state index in [1.165, 1.54) is 31.4 Å². The van der Waals surface area contributed by atoms with Crippen LogP contribution in [0.1, 0.15) is 37.0 Å². The Bertz CT molecular complexity index is 555. The number of carbonyl (C=O) groups is 1. The molecular weight excluding hydrogens is 292 g/mol. The summed E-state index contributed by atoms with van der Waals surface area (Å²) in [5, 5.41) is 0. The van der Waals surface area contributed by atoms with Gasteiger partial charge in [0.15, 0.2) is 0 Å². The second kappa shape index (κ2) is 8.11. The Kier molecular flexibility index (Phi) is 6.80. The molecule has 1 aromatic rings. The maximum atomic E-state index is 12.3. The van der Waals surface area contributed by atoms with Gasteiger partial charge in [-0.3, -0.25) is 9.63 Å². The number of nitrogens with one attached hydrogen (secondary N) is 1. The number of hydrogen-bond acceptors (Lipinski definition) is 4. The monoisotopic (exact) mass is 314 g/mol. The summed E-state index contributed by atoms with van der Waals surface area (Å²) in [5.41, 5.74) is 0.476. The van der Waals surface area contributed by atoms with E-state index >= 15 is 0 Å². The van der Waals surface area contributed by atoms with Crippen molar-refractivity contribution in [3.05, 3.63) is 29.8 Å². The van der Waals surface area contributed by atoms with Gasteiger partial charge in [0.05, 0.1) is 12.0 Å². The summed E-state index contributed by atoms with van der Waals surface area (Å²) >= 11 is 0. The summed E-state index contributed by atoms with van der Waals surface area (Å²) in [6, 6.07) is 5.81. The third-order valence-electron chi connectivity index (χ3n) is 3.06. The van der Waals surface area contributed by atoms with Crippen molar-refractivity contribution in [1.29, 1.82) is 0 Å². The molecule has 0 spiro atoms. The first-order chi connectivity index (χ1) is 9.96. The average molecular weight is 314 g/mol. The number of amides is 1. The van der Waals surface area contributed by atoms with Crippen LogP contribution in [-0.4, -0.2) is 39.4 Å². The van der Waals surface area contributed by atoms with Gasteiger partial charge in [0.1, 0.15) is 0 Å². The fourth-order valence-electron chi connectivity index (χ4n) is 1.87. The molecule has 118 valence electrons. The van der Waals surface area contributed by atoms with Crippen LogP contribution in [0.5, 0.6) is 0 Å². The number of carbonyl (C=O) groups excluding carboxylic acids is 1. The molecule has 1 amide bonds. The molecule has 1 aromatic carbocycles. The molecule has 0 radical (unpaired) electrons. The number of unbranched alkanes of at least 4 members (excludes halogenated alkanes) is 1. The lowest BCUT2D eigenvalue weighted by Crippen LogP contribution is -2.31. The van der Waals surface area contributed by atoms with Crippen molar-refractivity contribution in [2.24, 2.45) is 0 Å². The third kappa shape index (κ3) is 4.80. The zero-order valence-corrected chi connectivity index (χ0v) is 13.4. The van der Waals surface area contributed by atoms with E-state index in [0.29, 0.717) is 18.7 Å². The fraction of sp³-hybridized carbons (Fsp3) is 0.500. The van der Waals surface area contributed by atoms with Gasteiger partial charge < -0.3 is 4.90 Å². The molecule has 1 rings (SSSR count). The van der Waals surface area contributed by atoms with Crippen molar-refractivity contribution in [3.8, 4) is 0 Å². The van der Waals surface area contributed by atoms with E-state index in [1.807, 2.05) is 11.8 Å². The highest BCUT2D eigenvalue weighted by Crippen LogP contribution is 2.12. The minimum absolute atomic E-state index is 0.0532. The van der Waals surface area contributed by atoms with E-state index < -0.39 is 10.0 Å². The van der Waals surface area contributed by atoms with Crippen LogP contribution >= 0.6 is 0 Å². The summed E-state index contributed by atoms with van der Waals surface area (Å²) < 4.78 is 23.4. The molecule has 0 unspecified atom stereocenters. The standard InChI is InChI=1S/C14H22N2O4S/c1-4-6-11-16(5-2)14(17)12-7-9-13(10-8-12)21(18,19)15-20-3/h7-10,15H,4-6,11H2,1-3H3. The van der Waals surface area contributed by atoms with Gasteiger partial charge in [0.25, 0.3) is 15.9 Å². The Hall–Kier alpha value is -1.44. The first kappa shape index (κ1) is 17.6. The molecular formula is C14H22N2O4S. The van der Waals surface area contributed by atoms with E-state index in [9.17, 15) is 13.2 Å². The van der Waals surface area contributed by atoms with Gasteiger partial charge in [-0.15, -0.1) is 0 Å². The van der Waals surface area contributed by atoms with Gasteiger partial charge in [0.2, 0.25) is 0 Å².